The number of carbonyl (C=O) groups is 1. The van der Waals surface area contributed by atoms with Crippen LogP contribution in [0.2, 0.25) is 0 Å². The summed E-state index contributed by atoms with van der Waals surface area (Å²) in [6.45, 7) is 18.9. The third-order valence-corrected chi connectivity index (χ3v) is 23.3. The minimum absolute atomic E-state index is 0.0510. The van der Waals surface area contributed by atoms with Crippen LogP contribution < -0.4 is 0 Å². The van der Waals surface area contributed by atoms with Crippen molar-refractivity contribution in [3.63, 3.8) is 0 Å². The molecule has 2 nitrogen and oxygen atoms in total. The minimum atomic E-state index is -0.341. The van der Waals surface area contributed by atoms with Crippen LogP contribution in [0.3, 0.4) is 0 Å². The molecule has 14 aromatic carbocycles. The lowest BCUT2D eigenvalue weighted by atomic mass is 9.68. The van der Waals surface area contributed by atoms with Crippen LogP contribution in [-0.2, 0) is 39.6 Å². The third kappa shape index (κ3) is 3.80. The lowest BCUT2D eigenvalue weighted by Gasteiger charge is -2.33. The lowest BCUT2D eigenvalue weighted by molar-refractivity contribution is -0.148. The van der Waals surface area contributed by atoms with Crippen LogP contribution in [0.1, 0.15) is 141 Å². The zero-order valence-corrected chi connectivity index (χ0v) is 44.9. The van der Waals surface area contributed by atoms with Crippen molar-refractivity contribution in [1.29, 1.82) is 0 Å². The third-order valence-electron chi connectivity index (χ3n) is 23.3. The molecule has 0 radical (unpaired) electrons. The summed E-state index contributed by atoms with van der Waals surface area (Å²) in [6.07, 6.45) is 10.3. The highest BCUT2D eigenvalue weighted by Gasteiger charge is 2.91. The van der Waals surface area contributed by atoms with Gasteiger partial charge in [-0.3, -0.25) is 4.79 Å². The number of fused-ring (bicyclic) bond motifs is 1. The Morgan fingerprint density at radius 1 is 0.566 bits per heavy atom. The highest BCUT2D eigenvalue weighted by Crippen LogP contribution is 2.93. The Balaban J connectivity index is 0.948. The molecule has 6 aliphatic rings. The van der Waals surface area contributed by atoms with E-state index in [-0.39, 0.29) is 34.2 Å². The molecule has 2 heteroatoms. The molecule has 7 atom stereocenters. The van der Waals surface area contributed by atoms with Crippen molar-refractivity contribution in [2.75, 3.05) is 0 Å². The summed E-state index contributed by atoms with van der Waals surface area (Å²) in [6, 6.07) is 32.6. The van der Waals surface area contributed by atoms with Gasteiger partial charge in [0.15, 0.2) is 0 Å². The molecule has 6 aliphatic carbocycles. The van der Waals surface area contributed by atoms with Gasteiger partial charge in [-0.25, -0.2) is 0 Å². The van der Waals surface area contributed by atoms with Crippen molar-refractivity contribution in [1.82, 2.24) is 0 Å². The second-order valence-corrected chi connectivity index (χ2v) is 26.5. The second-order valence-electron chi connectivity index (χ2n) is 26.5. The summed E-state index contributed by atoms with van der Waals surface area (Å²) in [5.41, 5.74) is 20.3. The molecule has 0 bridgehead atoms. The standard InChI is InChI=1S/C74H58O2/c1-9-31(3)19-32(4)47-17-16-37-13-11-12-14-48(37)59(47)50-33(5)20-46(21-34(50)6)73(35(7)15-18-49(75)76-36(8)10-2)72-29-44-27-42-25-40-23-38-22-39-24-41-26-43-28-45(30-72)58-54(43)63-56(41)61-52(39)51(38)60-55(40)62-53(42)57(44)70-68-66(62)64(60)65(61)67(63)69(68)71(58)74(70,72)73/h11-14,16-17,20-23,25-27,30-32,35-36H,9-10,15,18-19,24,28-29H2,1-8H3. The molecule has 366 valence electrons. The maximum atomic E-state index is 14.2. The summed E-state index contributed by atoms with van der Waals surface area (Å²) in [5, 5.41) is 33.7. The average Bonchev–Trinajstić information content (AvgIpc) is 2.98. The first-order valence-corrected chi connectivity index (χ1v) is 29.3. The maximum Gasteiger partial charge on any atom is 0.306 e. The molecule has 7 unspecified atom stereocenters. The summed E-state index contributed by atoms with van der Waals surface area (Å²) >= 11 is 0. The zero-order valence-electron chi connectivity index (χ0n) is 44.9. The summed E-state index contributed by atoms with van der Waals surface area (Å²) in [7, 11) is 0. The van der Waals surface area contributed by atoms with E-state index in [4.69, 9.17) is 4.74 Å². The van der Waals surface area contributed by atoms with E-state index in [1.807, 2.05) is 0 Å². The van der Waals surface area contributed by atoms with E-state index in [0.29, 0.717) is 18.3 Å². The normalized spacial score (nSPS) is 23.2. The molecule has 0 aromatic heterocycles. The van der Waals surface area contributed by atoms with Crippen LogP contribution >= 0.6 is 0 Å². The molecule has 0 saturated heterocycles. The van der Waals surface area contributed by atoms with Gasteiger partial charge >= 0.3 is 5.97 Å². The quantitative estimate of drug-likeness (QED) is 0.0901. The number of benzene rings is 10. The molecule has 1 spiro atoms. The topological polar surface area (TPSA) is 26.3 Å². The first-order chi connectivity index (χ1) is 37.0. The Kier molecular flexibility index (Phi) is 6.70. The fraction of sp³-hybridized carbons (Fsp3) is 0.311. The summed E-state index contributed by atoms with van der Waals surface area (Å²) in [5.74, 6) is 1.18. The summed E-state index contributed by atoms with van der Waals surface area (Å²) in [4.78, 5) is 14.2. The average molecular weight is 979 g/mol. The van der Waals surface area contributed by atoms with Gasteiger partial charge in [0, 0.05) is 22.7 Å². The highest BCUT2D eigenvalue weighted by molar-refractivity contribution is 6.62. The molecule has 14 aromatic rings. The van der Waals surface area contributed by atoms with Crippen molar-refractivity contribution in [3.05, 3.63) is 146 Å². The molecule has 76 heavy (non-hydrogen) atoms. The van der Waals surface area contributed by atoms with E-state index in [0.717, 1.165) is 32.1 Å². The Labute approximate surface area is 441 Å². The van der Waals surface area contributed by atoms with Crippen LogP contribution in [0.25, 0.3) is 135 Å². The van der Waals surface area contributed by atoms with Crippen LogP contribution in [-0.4, -0.2) is 12.1 Å². The Bertz CT molecular complexity index is 5090. The van der Waals surface area contributed by atoms with E-state index < -0.39 is 0 Å². The van der Waals surface area contributed by atoms with Crippen molar-refractivity contribution in [3.8, 4) is 11.1 Å². The van der Waals surface area contributed by atoms with Crippen LogP contribution in [0.15, 0.2) is 84.9 Å². The van der Waals surface area contributed by atoms with Crippen molar-refractivity contribution in [2.24, 2.45) is 17.3 Å². The predicted molar refractivity (Wildman–Crippen MR) is 318 cm³/mol. The number of allylic oxidation sites excluding steroid dienone is 2. The Morgan fingerprint density at radius 2 is 1.18 bits per heavy atom. The van der Waals surface area contributed by atoms with E-state index >= 15 is 0 Å². The first-order valence-electron chi connectivity index (χ1n) is 29.3. The maximum absolute atomic E-state index is 14.2. The lowest BCUT2D eigenvalue weighted by Crippen LogP contribution is -2.30. The van der Waals surface area contributed by atoms with Gasteiger partial charge in [-0.2, -0.15) is 0 Å². The van der Waals surface area contributed by atoms with E-state index in [1.54, 1.807) is 114 Å². The van der Waals surface area contributed by atoms with Crippen LogP contribution in [0.5, 0.6) is 0 Å². The molecule has 0 heterocycles. The molecule has 20 rings (SSSR count). The number of aryl methyl sites for hydroxylation is 2. The molecule has 0 aliphatic heterocycles. The van der Waals surface area contributed by atoms with Crippen molar-refractivity contribution in [2.45, 2.75) is 130 Å². The molecule has 1 fully saturated rings. The number of ether oxygens (including phenoxy) is 1. The number of carbonyl (C=O) groups excluding carboxylic acids is 1. The van der Waals surface area contributed by atoms with Gasteiger partial charge in [0.05, 0.1) is 6.10 Å². The molecular weight excluding hydrogens is 921 g/mol. The number of rotatable bonds is 12. The zero-order chi connectivity index (χ0) is 50.4. The fourth-order valence-corrected chi connectivity index (χ4v) is 20.9. The highest BCUT2D eigenvalue weighted by atomic mass is 16.5. The van der Waals surface area contributed by atoms with Gasteiger partial charge in [0.25, 0.3) is 0 Å². The number of hydrogen-bond acceptors (Lipinski definition) is 2. The van der Waals surface area contributed by atoms with Gasteiger partial charge < -0.3 is 4.74 Å². The fourth-order valence-electron chi connectivity index (χ4n) is 20.9. The predicted octanol–water partition coefficient (Wildman–Crippen LogP) is 19.0. The van der Waals surface area contributed by atoms with Crippen molar-refractivity contribution >= 4 is 130 Å². The van der Waals surface area contributed by atoms with Gasteiger partial charge in [0.2, 0.25) is 0 Å². The largest absolute Gasteiger partial charge is 0.463 e. The van der Waals surface area contributed by atoms with Gasteiger partial charge in [0.1, 0.15) is 0 Å². The molecular formula is C74H58O2. The minimum Gasteiger partial charge on any atom is -0.463 e. The Morgan fingerprint density at radius 3 is 1.95 bits per heavy atom. The van der Waals surface area contributed by atoms with E-state index in [1.165, 1.54) is 94.9 Å². The van der Waals surface area contributed by atoms with Crippen LogP contribution in [0.4, 0.5) is 0 Å². The number of esters is 1. The van der Waals surface area contributed by atoms with Gasteiger partial charge in [-0.1, -0.05) is 114 Å². The van der Waals surface area contributed by atoms with E-state index in [2.05, 4.69) is 140 Å². The van der Waals surface area contributed by atoms with E-state index in [9.17, 15) is 4.79 Å². The van der Waals surface area contributed by atoms with Crippen LogP contribution in [0, 0.1) is 31.1 Å². The SMILES string of the molecule is CCC(C)CC(C)c1ccc2ccccc2c1-c1c(C)cc(C2(C(C)CCC(=O)OC(C)CC)C34C=C5Cc6cc7c8c9c6c5c5c6c%10c(c%11c(cc%12cc%13cc%14cc(c%15c%14c%14c%13c(c%12%11)c%10c%14c(c%158)c69)C7)C3)C542)cc1C. The molecule has 1 saturated carbocycles. The van der Waals surface area contributed by atoms with Gasteiger partial charge in [-0.15, -0.1) is 0 Å². The smallest absolute Gasteiger partial charge is 0.306 e. The number of hydrogen-bond donors (Lipinski definition) is 0. The Hall–Kier alpha value is -7.03. The summed E-state index contributed by atoms with van der Waals surface area (Å²) < 4.78 is 6.16. The first kappa shape index (κ1) is 41.2. The monoisotopic (exact) mass is 978 g/mol. The van der Waals surface area contributed by atoms with Crippen molar-refractivity contribution < 1.29 is 9.53 Å². The second kappa shape index (κ2) is 12.4. The molecule has 0 N–H and O–H groups in total. The molecule has 0 amide bonds. The van der Waals surface area contributed by atoms with Gasteiger partial charge in [-0.05, 0) is 286 Å².